The van der Waals surface area contributed by atoms with Crippen molar-refractivity contribution in [2.45, 2.75) is 6.92 Å². The largest absolute Gasteiger partial charge is 0.369 e. The number of nitrogens with two attached hydrogens (primary N) is 1. The average molecular weight is 217 g/mol. The van der Waals surface area contributed by atoms with Crippen LogP contribution in [0.2, 0.25) is 0 Å². The highest BCUT2D eigenvalue weighted by Gasteiger charge is 2.15. The van der Waals surface area contributed by atoms with E-state index < -0.39 is 5.56 Å². The van der Waals surface area contributed by atoms with Gasteiger partial charge in [0.25, 0.3) is 5.56 Å². The number of hydrogen-bond donors (Lipinski definition) is 2. The number of nitrogens with zero attached hydrogens (tertiary/aromatic N) is 3. The van der Waals surface area contributed by atoms with Crippen LogP contribution in [0.4, 0.5) is 5.95 Å². The molecule has 2 aromatic heterocycles. The van der Waals surface area contributed by atoms with Crippen LogP contribution < -0.4 is 11.3 Å². The van der Waals surface area contributed by atoms with Gasteiger partial charge in [0.15, 0.2) is 5.65 Å². The Morgan fingerprint density at radius 3 is 2.94 bits per heavy atom. The summed E-state index contributed by atoms with van der Waals surface area (Å²) in [6.45, 7) is 1.31. The molecule has 0 fully saturated rings. The van der Waals surface area contributed by atoms with E-state index in [1.165, 1.54) is 13.1 Å². The summed E-state index contributed by atoms with van der Waals surface area (Å²) < 4.78 is 1.12. The Bertz CT molecular complexity index is 688. The third kappa shape index (κ3) is 1.25. The molecule has 0 aliphatic heterocycles. The summed E-state index contributed by atoms with van der Waals surface area (Å²) in [6, 6.07) is 1.83. The third-order valence-corrected chi connectivity index (χ3v) is 2.13. The quantitative estimate of drug-likeness (QED) is 0.635. The Hall–Kier alpha value is -2.62. The van der Waals surface area contributed by atoms with Crippen molar-refractivity contribution in [3.63, 3.8) is 0 Å². The second-order valence-corrected chi connectivity index (χ2v) is 3.19. The van der Waals surface area contributed by atoms with E-state index in [-0.39, 0.29) is 28.5 Å². The van der Waals surface area contributed by atoms with Crippen LogP contribution in [0.3, 0.4) is 0 Å². The molecule has 7 nitrogen and oxygen atoms in total. The van der Waals surface area contributed by atoms with Crippen LogP contribution in [0.1, 0.15) is 17.3 Å². The number of nitrogen functional groups attached to an aromatic ring is 1. The van der Waals surface area contributed by atoms with Gasteiger partial charge in [-0.2, -0.15) is 10.2 Å². The van der Waals surface area contributed by atoms with Gasteiger partial charge in [-0.05, 0) is 0 Å². The molecule has 0 atom stereocenters. The minimum absolute atomic E-state index is 0.0758. The molecular weight excluding hydrogens is 210 g/mol. The van der Waals surface area contributed by atoms with Gasteiger partial charge in [0.1, 0.15) is 11.5 Å². The van der Waals surface area contributed by atoms with Crippen LogP contribution in [0.15, 0.2) is 11.0 Å². The highest BCUT2D eigenvalue weighted by molar-refractivity contribution is 5.92. The number of rotatable bonds is 0. The summed E-state index contributed by atoms with van der Waals surface area (Å²) in [5.41, 5.74) is 5.04. The molecule has 0 amide bonds. The second-order valence-electron chi connectivity index (χ2n) is 3.19. The summed E-state index contributed by atoms with van der Waals surface area (Å²) >= 11 is 0. The lowest BCUT2D eigenvalue weighted by molar-refractivity contribution is 0.0941. The molecule has 0 spiro atoms. The van der Waals surface area contributed by atoms with Crippen molar-refractivity contribution in [1.29, 1.82) is 5.26 Å². The topological polar surface area (TPSA) is 118 Å². The first-order valence-corrected chi connectivity index (χ1v) is 4.36. The van der Waals surface area contributed by atoms with Crippen molar-refractivity contribution in [2.24, 2.45) is 0 Å². The Morgan fingerprint density at radius 2 is 2.38 bits per heavy atom. The van der Waals surface area contributed by atoms with Gasteiger partial charge in [0.05, 0.1) is 5.56 Å². The van der Waals surface area contributed by atoms with Crippen molar-refractivity contribution >= 4 is 22.9 Å². The first-order chi connectivity index (χ1) is 7.54. The van der Waals surface area contributed by atoms with Crippen LogP contribution in [0, 0.1) is 11.3 Å². The number of carbonyl (C=O) groups excluding carboxylic acids is 1. The van der Waals surface area contributed by atoms with E-state index >= 15 is 0 Å². The van der Waals surface area contributed by atoms with E-state index in [0.717, 1.165) is 4.57 Å². The molecule has 0 saturated carbocycles. The molecule has 0 radical (unpaired) electrons. The van der Waals surface area contributed by atoms with Gasteiger partial charge in [-0.3, -0.25) is 19.1 Å². The Balaban J connectivity index is 3.04. The van der Waals surface area contributed by atoms with E-state index in [4.69, 9.17) is 11.0 Å². The lowest BCUT2D eigenvalue weighted by Crippen LogP contribution is -2.13. The lowest BCUT2D eigenvalue weighted by Gasteiger charge is -1.98. The lowest BCUT2D eigenvalue weighted by atomic mass is 10.3. The Morgan fingerprint density at radius 1 is 1.69 bits per heavy atom. The molecule has 3 N–H and O–H groups in total. The van der Waals surface area contributed by atoms with Crippen LogP contribution >= 0.6 is 0 Å². The molecule has 2 rings (SSSR count). The summed E-state index contributed by atoms with van der Waals surface area (Å²) in [7, 11) is 0. The van der Waals surface area contributed by atoms with Crippen molar-refractivity contribution in [3.8, 4) is 6.07 Å². The average Bonchev–Trinajstić information content (AvgIpc) is 2.56. The first-order valence-electron chi connectivity index (χ1n) is 4.36. The number of H-pyrrole nitrogens is 1. The number of aromatic amines is 1. The van der Waals surface area contributed by atoms with Gasteiger partial charge in [0.2, 0.25) is 11.9 Å². The molecule has 80 valence electrons. The van der Waals surface area contributed by atoms with Crippen LogP contribution in [-0.2, 0) is 0 Å². The van der Waals surface area contributed by atoms with E-state index in [1.807, 2.05) is 6.07 Å². The normalized spacial score (nSPS) is 10.2. The van der Waals surface area contributed by atoms with Gasteiger partial charge in [-0.15, -0.1) is 0 Å². The number of carbonyl (C=O) groups is 1. The molecule has 2 heterocycles. The highest BCUT2D eigenvalue weighted by atomic mass is 16.2. The summed E-state index contributed by atoms with van der Waals surface area (Å²) in [5.74, 6) is -0.438. The summed E-state index contributed by atoms with van der Waals surface area (Å²) in [4.78, 5) is 29.0. The van der Waals surface area contributed by atoms with Crippen molar-refractivity contribution in [2.75, 3.05) is 5.73 Å². The number of nitrogens with one attached hydrogen (secondary N) is 1. The standard InChI is InChI=1S/C9H7N5O2/c1-4(15)14-3-5(2-10)6-7(14)12-9(11)13-8(6)16/h3H,1H3,(H3,11,12,13,16). The molecule has 7 heteroatoms. The van der Waals surface area contributed by atoms with Crippen molar-refractivity contribution < 1.29 is 4.79 Å². The number of nitriles is 1. The van der Waals surface area contributed by atoms with E-state index in [0.29, 0.717) is 0 Å². The van der Waals surface area contributed by atoms with Gasteiger partial charge < -0.3 is 5.73 Å². The molecule has 16 heavy (non-hydrogen) atoms. The fourth-order valence-corrected chi connectivity index (χ4v) is 1.47. The number of fused-ring (bicyclic) bond motifs is 1. The number of anilines is 1. The fraction of sp³-hybridized carbons (Fsp3) is 0.111. The van der Waals surface area contributed by atoms with E-state index in [1.54, 1.807) is 0 Å². The predicted octanol–water partition coefficient (Wildman–Crippen LogP) is -0.161. The molecular formula is C9H7N5O2. The van der Waals surface area contributed by atoms with Gasteiger partial charge in [-0.1, -0.05) is 0 Å². The maximum absolute atomic E-state index is 11.6. The minimum atomic E-state index is -0.529. The maximum atomic E-state index is 11.6. The third-order valence-electron chi connectivity index (χ3n) is 2.13. The highest BCUT2D eigenvalue weighted by Crippen LogP contribution is 2.15. The van der Waals surface area contributed by atoms with Crippen LogP contribution in [-0.4, -0.2) is 20.4 Å². The minimum Gasteiger partial charge on any atom is -0.369 e. The smallest absolute Gasteiger partial charge is 0.263 e. The molecule has 0 bridgehead atoms. The maximum Gasteiger partial charge on any atom is 0.263 e. The zero-order chi connectivity index (χ0) is 11.9. The van der Waals surface area contributed by atoms with Crippen molar-refractivity contribution in [1.82, 2.24) is 14.5 Å². The molecule has 2 aromatic rings. The monoisotopic (exact) mass is 217 g/mol. The summed E-state index contributed by atoms with van der Waals surface area (Å²) in [5, 5.41) is 8.91. The molecule has 0 saturated heterocycles. The zero-order valence-electron chi connectivity index (χ0n) is 8.31. The number of hydrogen-bond acceptors (Lipinski definition) is 5. The van der Waals surface area contributed by atoms with Gasteiger partial charge >= 0.3 is 0 Å². The van der Waals surface area contributed by atoms with Crippen LogP contribution in [0.5, 0.6) is 0 Å². The summed E-state index contributed by atoms with van der Waals surface area (Å²) in [6.07, 6.45) is 1.27. The van der Waals surface area contributed by atoms with Gasteiger partial charge in [0, 0.05) is 13.1 Å². The first kappa shape index (κ1) is 9.92. The molecule has 0 unspecified atom stereocenters. The zero-order valence-corrected chi connectivity index (χ0v) is 8.31. The fourth-order valence-electron chi connectivity index (χ4n) is 1.47. The second kappa shape index (κ2) is 3.20. The van der Waals surface area contributed by atoms with E-state index in [9.17, 15) is 9.59 Å². The predicted molar refractivity (Wildman–Crippen MR) is 55.8 cm³/mol. The van der Waals surface area contributed by atoms with Crippen LogP contribution in [0.25, 0.3) is 11.0 Å². The molecule has 0 aliphatic carbocycles. The van der Waals surface area contributed by atoms with Gasteiger partial charge in [-0.25, -0.2) is 0 Å². The van der Waals surface area contributed by atoms with Crippen molar-refractivity contribution in [3.05, 3.63) is 22.1 Å². The van der Waals surface area contributed by atoms with E-state index in [2.05, 4.69) is 9.97 Å². The SMILES string of the molecule is CC(=O)n1cc(C#N)c2c(=O)[nH]c(N)nc21. The number of aromatic nitrogens is 3. The molecule has 0 aromatic carbocycles. The Labute approximate surface area is 89.1 Å². The molecule has 0 aliphatic rings. The Kier molecular flexibility index (Phi) is 1.98.